The molecule has 2 heterocycles. The summed E-state index contributed by atoms with van der Waals surface area (Å²) < 4.78 is 24.6. The van der Waals surface area contributed by atoms with Crippen molar-refractivity contribution in [3.05, 3.63) is 73.8 Å². The Hall–Kier alpha value is -2.37. The molecule has 1 atom stereocenters. The molecule has 26 heavy (non-hydrogen) atoms. The quantitative estimate of drug-likeness (QED) is 0.701. The van der Waals surface area contributed by atoms with Crippen LogP contribution in [0.3, 0.4) is 0 Å². The first kappa shape index (κ1) is 17.1. The molecule has 1 aliphatic rings. The molecule has 134 valence electrons. The predicted molar refractivity (Wildman–Crippen MR) is 97.2 cm³/mol. The molecule has 1 unspecified atom stereocenters. The SMILES string of the molecule is Cc1c(C)c2cc(Cl)c3c(c2oc1=O)C[NH+](Cc1ccc(F)cc1)CO3. The fraction of sp³-hybridized carbons (Fsp3) is 0.250. The van der Waals surface area contributed by atoms with Gasteiger partial charge in [-0.15, -0.1) is 0 Å². The van der Waals surface area contributed by atoms with Crippen LogP contribution in [-0.4, -0.2) is 6.73 Å². The molecular formula is C20H18ClFNO3+. The highest BCUT2D eigenvalue weighted by atomic mass is 35.5. The summed E-state index contributed by atoms with van der Waals surface area (Å²) in [4.78, 5) is 13.3. The van der Waals surface area contributed by atoms with E-state index in [2.05, 4.69) is 0 Å². The molecular weight excluding hydrogens is 357 g/mol. The number of ether oxygens (including phenoxy) is 1. The van der Waals surface area contributed by atoms with Gasteiger partial charge in [-0.1, -0.05) is 23.7 Å². The van der Waals surface area contributed by atoms with Crippen LogP contribution in [0, 0.1) is 19.7 Å². The number of aryl methyl sites for hydroxylation is 1. The second-order valence-corrected chi connectivity index (χ2v) is 7.11. The van der Waals surface area contributed by atoms with Gasteiger partial charge in [-0.25, -0.2) is 9.18 Å². The lowest BCUT2D eigenvalue weighted by Gasteiger charge is -2.27. The number of quaternary nitrogens is 1. The van der Waals surface area contributed by atoms with Crippen molar-refractivity contribution in [3.63, 3.8) is 0 Å². The number of benzene rings is 2. The topological polar surface area (TPSA) is 43.9 Å². The Balaban J connectivity index is 1.76. The van der Waals surface area contributed by atoms with Crippen LogP contribution in [0.5, 0.6) is 5.75 Å². The zero-order valence-corrected chi connectivity index (χ0v) is 15.2. The third-order valence-electron chi connectivity index (χ3n) is 4.96. The summed E-state index contributed by atoms with van der Waals surface area (Å²) in [5, 5.41) is 1.35. The van der Waals surface area contributed by atoms with Crippen LogP contribution < -0.4 is 15.3 Å². The second kappa shape index (κ2) is 6.41. The number of nitrogens with one attached hydrogen (secondary N) is 1. The Bertz CT molecular complexity index is 1060. The maximum atomic E-state index is 13.1. The maximum absolute atomic E-state index is 13.1. The number of fused-ring (bicyclic) bond motifs is 3. The van der Waals surface area contributed by atoms with Gasteiger partial charge in [-0.2, -0.15) is 0 Å². The first-order chi connectivity index (χ1) is 12.4. The molecule has 3 aromatic rings. The zero-order valence-electron chi connectivity index (χ0n) is 14.5. The van der Waals surface area contributed by atoms with Crippen LogP contribution >= 0.6 is 11.6 Å². The lowest BCUT2D eigenvalue weighted by atomic mass is 10.0. The molecule has 0 saturated heterocycles. The van der Waals surface area contributed by atoms with E-state index in [0.717, 1.165) is 27.0 Å². The summed E-state index contributed by atoms with van der Waals surface area (Å²) in [5.74, 6) is 0.322. The standard InChI is InChI=1S/C20H17ClFNO3/c1-11-12(2)20(24)26-18-15(11)7-17(21)19-16(18)9-23(10-25-19)8-13-3-5-14(22)6-4-13/h3-7H,8-10H2,1-2H3/p+1. The van der Waals surface area contributed by atoms with Gasteiger partial charge < -0.3 is 9.15 Å². The molecule has 0 saturated carbocycles. The third-order valence-corrected chi connectivity index (χ3v) is 5.24. The Morgan fingerprint density at radius 3 is 2.65 bits per heavy atom. The van der Waals surface area contributed by atoms with Crippen LogP contribution in [0.15, 0.2) is 39.5 Å². The van der Waals surface area contributed by atoms with Gasteiger partial charge >= 0.3 is 5.63 Å². The van der Waals surface area contributed by atoms with Crippen molar-refractivity contribution in [1.82, 2.24) is 0 Å². The van der Waals surface area contributed by atoms with E-state index in [9.17, 15) is 9.18 Å². The molecule has 0 fully saturated rings. The molecule has 1 N–H and O–H groups in total. The van der Waals surface area contributed by atoms with Crippen molar-refractivity contribution in [3.8, 4) is 5.75 Å². The van der Waals surface area contributed by atoms with Crippen LogP contribution in [0.1, 0.15) is 22.3 Å². The largest absolute Gasteiger partial charge is 0.443 e. The van der Waals surface area contributed by atoms with Gasteiger partial charge in [-0.3, -0.25) is 4.90 Å². The second-order valence-electron chi connectivity index (χ2n) is 6.70. The zero-order chi connectivity index (χ0) is 18.4. The van der Waals surface area contributed by atoms with Crippen molar-refractivity contribution < 1.29 is 18.4 Å². The summed E-state index contributed by atoms with van der Waals surface area (Å²) in [6, 6.07) is 8.23. The van der Waals surface area contributed by atoms with E-state index in [1.807, 2.05) is 6.92 Å². The number of rotatable bonds is 2. The Kier molecular flexibility index (Phi) is 4.21. The normalized spacial score (nSPS) is 16.4. The predicted octanol–water partition coefficient (Wildman–Crippen LogP) is 3.14. The van der Waals surface area contributed by atoms with E-state index >= 15 is 0 Å². The molecule has 4 rings (SSSR count). The third kappa shape index (κ3) is 2.87. The van der Waals surface area contributed by atoms with E-state index in [4.69, 9.17) is 20.8 Å². The van der Waals surface area contributed by atoms with Crippen LogP contribution in [0.4, 0.5) is 4.39 Å². The summed E-state index contributed by atoms with van der Waals surface area (Å²) in [5.41, 5.74) is 3.45. The highest BCUT2D eigenvalue weighted by molar-refractivity contribution is 6.33. The summed E-state index contributed by atoms with van der Waals surface area (Å²) in [7, 11) is 0. The van der Waals surface area contributed by atoms with Crippen LogP contribution in [0.25, 0.3) is 11.0 Å². The lowest BCUT2D eigenvalue weighted by Crippen LogP contribution is -3.10. The molecule has 0 aliphatic carbocycles. The highest BCUT2D eigenvalue weighted by Crippen LogP contribution is 2.37. The first-order valence-electron chi connectivity index (χ1n) is 8.40. The molecule has 0 amide bonds. The Morgan fingerprint density at radius 1 is 1.19 bits per heavy atom. The van der Waals surface area contributed by atoms with E-state index in [0.29, 0.717) is 41.7 Å². The van der Waals surface area contributed by atoms with Crippen molar-refractivity contribution in [1.29, 1.82) is 0 Å². The van der Waals surface area contributed by atoms with Crippen LogP contribution in [-0.2, 0) is 13.1 Å². The van der Waals surface area contributed by atoms with E-state index in [1.54, 1.807) is 25.1 Å². The van der Waals surface area contributed by atoms with Gasteiger partial charge in [0.25, 0.3) is 0 Å². The Morgan fingerprint density at radius 2 is 1.92 bits per heavy atom. The van der Waals surface area contributed by atoms with Crippen molar-refractivity contribution in [2.45, 2.75) is 26.9 Å². The van der Waals surface area contributed by atoms with Crippen LogP contribution in [0.2, 0.25) is 5.02 Å². The molecule has 1 aliphatic heterocycles. The van der Waals surface area contributed by atoms with Crippen molar-refractivity contribution in [2.24, 2.45) is 0 Å². The molecule has 0 bridgehead atoms. The first-order valence-corrected chi connectivity index (χ1v) is 8.78. The van der Waals surface area contributed by atoms with Crippen molar-refractivity contribution in [2.75, 3.05) is 6.73 Å². The fourth-order valence-electron chi connectivity index (χ4n) is 3.38. The fourth-order valence-corrected chi connectivity index (χ4v) is 3.66. The van der Waals surface area contributed by atoms with E-state index in [1.165, 1.54) is 12.1 Å². The minimum Gasteiger partial charge on any atom is -0.443 e. The minimum absolute atomic E-state index is 0.255. The highest BCUT2D eigenvalue weighted by Gasteiger charge is 2.28. The lowest BCUT2D eigenvalue weighted by molar-refractivity contribution is -0.945. The molecule has 4 nitrogen and oxygen atoms in total. The van der Waals surface area contributed by atoms with E-state index < -0.39 is 0 Å². The smallest absolute Gasteiger partial charge is 0.339 e. The number of hydrogen-bond acceptors (Lipinski definition) is 3. The molecule has 6 heteroatoms. The maximum Gasteiger partial charge on any atom is 0.339 e. The Labute approximate surface area is 154 Å². The summed E-state index contributed by atoms with van der Waals surface area (Å²) in [6.07, 6.45) is 0. The minimum atomic E-state index is -0.342. The van der Waals surface area contributed by atoms with Crippen molar-refractivity contribution >= 4 is 22.6 Å². The van der Waals surface area contributed by atoms with Gasteiger partial charge in [0, 0.05) is 16.5 Å². The van der Waals surface area contributed by atoms with Gasteiger partial charge in [0.2, 0.25) is 6.73 Å². The van der Waals surface area contributed by atoms with Gasteiger partial charge in [0.05, 0.1) is 10.6 Å². The number of hydrogen-bond donors (Lipinski definition) is 1. The van der Waals surface area contributed by atoms with Gasteiger partial charge in [-0.05, 0) is 37.6 Å². The van der Waals surface area contributed by atoms with Gasteiger partial charge in [0.15, 0.2) is 11.3 Å². The van der Waals surface area contributed by atoms with E-state index in [-0.39, 0.29) is 11.4 Å². The summed E-state index contributed by atoms with van der Waals surface area (Å²) >= 11 is 6.41. The van der Waals surface area contributed by atoms with Gasteiger partial charge in [0.1, 0.15) is 18.9 Å². The summed E-state index contributed by atoms with van der Waals surface area (Å²) in [6.45, 7) is 5.35. The molecule has 1 aromatic heterocycles. The molecule has 0 spiro atoms. The monoisotopic (exact) mass is 374 g/mol. The number of halogens is 2. The molecule has 2 aromatic carbocycles. The molecule has 0 radical (unpaired) electrons. The average Bonchev–Trinajstić information content (AvgIpc) is 2.63. The average molecular weight is 375 g/mol.